The molecule has 4 rings (SSSR count). The lowest BCUT2D eigenvalue weighted by molar-refractivity contribution is -0.385. The molecular weight excluding hydrogens is 372 g/mol. The molecule has 0 amide bonds. The van der Waals surface area contributed by atoms with E-state index >= 15 is 0 Å². The molecule has 3 heterocycles. The number of nitrogens with zero attached hydrogens (tertiary/aromatic N) is 5. The molecular formula is C20H28N6O3. The second-order valence-corrected chi connectivity index (χ2v) is 7.71. The van der Waals surface area contributed by atoms with Crippen molar-refractivity contribution in [3.63, 3.8) is 0 Å². The van der Waals surface area contributed by atoms with Gasteiger partial charge in [-0.15, -0.1) is 0 Å². The number of hydrogen-bond donors (Lipinski definition) is 1. The Kier molecular flexibility index (Phi) is 5.68. The Morgan fingerprint density at radius 3 is 2.52 bits per heavy atom. The van der Waals surface area contributed by atoms with Crippen LogP contribution in [0, 0.1) is 10.1 Å². The van der Waals surface area contributed by atoms with Gasteiger partial charge in [0.2, 0.25) is 0 Å². The summed E-state index contributed by atoms with van der Waals surface area (Å²) in [5, 5.41) is 19.2. The van der Waals surface area contributed by atoms with Crippen molar-refractivity contribution in [2.75, 3.05) is 51.3 Å². The van der Waals surface area contributed by atoms with Crippen LogP contribution in [0.4, 0.5) is 11.4 Å². The van der Waals surface area contributed by atoms with Gasteiger partial charge in [0.05, 0.1) is 18.2 Å². The number of nitro benzene ring substituents is 1. The molecule has 2 aromatic rings. The van der Waals surface area contributed by atoms with Crippen LogP contribution in [-0.4, -0.2) is 72.0 Å². The fourth-order valence-corrected chi connectivity index (χ4v) is 4.42. The van der Waals surface area contributed by atoms with Crippen LogP contribution in [0.5, 0.6) is 5.75 Å². The van der Waals surface area contributed by atoms with Crippen LogP contribution in [0.15, 0.2) is 24.5 Å². The van der Waals surface area contributed by atoms with Crippen LogP contribution >= 0.6 is 0 Å². The molecule has 2 aliphatic heterocycles. The molecule has 0 aliphatic carbocycles. The third-order valence-corrected chi connectivity index (χ3v) is 5.99. The van der Waals surface area contributed by atoms with Crippen LogP contribution < -0.4 is 15.0 Å². The maximum Gasteiger partial charge on any atom is 0.311 e. The van der Waals surface area contributed by atoms with Crippen molar-refractivity contribution in [3.8, 4) is 16.9 Å². The van der Waals surface area contributed by atoms with Gasteiger partial charge >= 0.3 is 5.69 Å². The van der Waals surface area contributed by atoms with Crippen LogP contribution in [0.1, 0.15) is 12.8 Å². The number of piperazine rings is 1. The van der Waals surface area contributed by atoms with Crippen LogP contribution in [0.2, 0.25) is 0 Å². The minimum Gasteiger partial charge on any atom is -0.490 e. The highest BCUT2D eigenvalue weighted by Crippen LogP contribution is 2.40. The second-order valence-electron chi connectivity index (χ2n) is 7.71. The second kappa shape index (κ2) is 8.38. The minimum atomic E-state index is -0.391. The van der Waals surface area contributed by atoms with E-state index in [2.05, 4.69) is 20.2 Å². The van der Waals surface area contributed by atoms with Gasteiger partial charge in [0.1, 0.15) is 0 Å². The van der Waals surface area contributed by atoms with Gasteiger partial charge < -0.3 is 15.0 Å². The molecule has 2 aliphatic rings. The first-order valence-electron chi connectivity index (χ1n) is 10.1. The van der Waals surface area contributed by atoms with Crippen molar-refractivity contribution in [2.24, 2.45) is 7.05 Å². The molecule has 29 heavy (non-hydrogen) atoms. The Morgan fingerprint density at radius 2 is 1.93 bits per heavy atom. The zero-order valence-electron chi connectivity index (χ0n) is 17.0. The van der Waals surface area contributed by atoms with Crippen molar-refractivity contribution in [1.82, 2.24) is 20.0 Å². The number of hydrogen-bond acceptors (Lipinski definition) is 7. The predicted molar refractivity (Wildman–Crippen MR) is 112 cm³/mol. The van der Waals surface area contributed by atoms with Gasteiger partial charge in [-0.2, -0.15) is 5.10 Å². The van der Waals surface area contributed by atoms with Crippen LogP contribution in [-0.2, 0) is 7.05 Å². The van der Waals surface area contributed by atoms with E-state index < -0.39 is 4.92 Å². The Labute approximate surface area is 170 Å². The number of benzene rings is 1. The summed E-state index contributed by atoms with van der Waals surface area (Å²) in [6.07, 6.45) is 6.04. The lowest BCUT2D eigenvalue weighted by Gasteiger charge is -2.42. The summed E-state index contributed by atoms with van der Waals surface area (Å²) in [5.41, 5.74) is 2.63. The number of aryl methyl sites for hydroxylation is 1. The van der Waals surface area contributed by atoms with Gasteiger partial charge in [0.15, 0.2) is 5.75 Å². The van der Waals surface area contributed by atoms with E-state index in [-0.39, 0.29) is 5.69 Å². The first kappa shape index (κ1) is 19.7. The largest absolute Gasteiger partial charge is 0.490 e. The quantitative estimate of drug-likeness (QED) is 0.605. The van der Waals surface area contributed by atoms with Gasteiger partial charge in [-0.05, 0) is 25.9 Å². The SMILES string of the molecule is COc1cc(N2CCN(C3CCNCC3)CC2)c(-c2cnn(C)c2)cc1[N+](=O)[O-]. The lowest BCUT2D eigenvalue weighted by atomic mass is 10.0. The lowest BCUT2D eigenvalue weighted by Crippen LogP contribution is -2.52. The molecule has 0 unspecified atom stereocenters. The normalized spacial score (nSPS) is 18.8. The average molecular weight is 400 g/mol. The predicted octanol–water partition coefficient (Wildman–Crippen LogP) is 1.88. The minimum absolute atomic E-state index is 0.0246. The monoisotopic (exact) mass is 400 g/mol. The van der Waals surface area contributed by atoms with Gasteiger partial charge in [0.25, 0.3) is 0 Å². The molecule has 0 spiro atoms. The third kappa shape index (κ3) is 4.06. The maximum absolute atomic E-state index is 11.6. The summed E-state index contributed by atoms with van der Waals surface area (Å²) in [6.45, 7) is 5.95. The van der Waals surface area contributed by atoms with Crippen molar-refractivity contribution >= 4 is 11.4 Å². The summed E-state index contributed by atoms with van der Waals surface area (Å²) in [5.74, 6) is 0.290. The number of anilines is 1. The van der Waals surface area contributed by atoms with Crippen molar-refractivity contribution in [3.05, 3.63) is 34.6 Å². The summed E-state index contributed by atoms with van der Waals surface area (Å²) < 4.78 is 7.06. The van der Waals surface area contributed by atoms with E-state index in [1.807, 2.05) is 13.2 Å². The number of aromatic nitrogens is 2. The van der Waals surface area contributed by atoms with Gasteiger partial charge in [-0.25, -0.2) is 0 Å². The zero-order valence-corrected chi connectivity index (χ0v) is 17.0. The third-order valence-electron chi connectivity index (χ3n) is 5.99. The van der Waals surface area contributed by atoms with E-state index in [4.69, 9.17) is 4.74 Å². The highest BCUT2D eigenvalue weighted by atomic mass is 16.6. The Bertz CT molecular complexity index is 869. The van der Waals surface area contributed by atoms with Gasteiger partial charge in [-0.1, -0.05) is 0 Å². The van der Waals surface area contributed by atoms with Crippen LogP contribution in [0.25, 0.3) is 11.1 Å². The molecule has 1 N–H and O–H groups in total. The summed E-state index contributed by atoms with van der Waals surface area (Å²) >= 11 is 0. The molecule has 0 saturated carbocycles. The molecule has 2 saturated heterocycles. The maximum atomic E-state index is 11.6. The Hall–Kier alpha value is -2.65. The van der Waals surface area contributed by atoms with E-state index in [9.17, 15) is 10.1 Å². The first-order valence-corrected chi connectivity index (χ1v) is 10.1. The standard InChI is InChI=1S/C20H28N6O3/c1-23-14-15(13-22-23)17-11-19(26(27)28)20(29-2)12-18(17)25-9-7-24(8-10-25)16-3-5-21-6-4-16/h11-14,16,21H,3-10H2,1-2H3. The topological polar surface area (TPSA) is 88.7 Å². The number of nitrogens with one attached hydrogen (secondary N) is 1. The van der Waals surface area contributed by atoms with Crippen molar-refractivity contribution < 1.29 is 9.66 Å². The first-order chi connectivity index (χ1) is 14.1. The van der Waals surface area contributed by atoms with E-state index in [0.717, 1.165) is 56.1 Å². The van der Waals surface area contributed by atoms with E-state index in [1.165, 1.54) is 20.0 Å². The zero-order chi connectivity index (χ0) is 20.4. The molecule has 1 aromatic carbocycles. The number of piperidine rings is 1. The molecule has 0 atom stereocenters. The molecule has 9 heteroatoms. The molecule has 0 bridgehead atoms. The van der Waals surface area contributed by atoms with Gasteiger partial charge in [-0.3, -0.25) is 19.7 Å². The summed E-state index contributed by atoms with van der Waals surface area (Å²) in [6, 6.07) is 4.08. The molecule has 9 nitrogen and oxygen atoms in total. The number of methoxy groups -OCH3 is 1. The molecule has 156 valence electrons. The van der Waals surface area contributed by atoms with E-state index in [1.54, 1.807) is 23.0 Å². The molecule has 0 radical (unpaired) electrons. The summed E-state index contributed by atoms with van der Waals surface area (Å²) in [4.78, 5) is 16.1. The smallest absolute Gasteiger partial charge is 0.311 e. The van der Waals surface area contributed by atoms with E-state index in [0.29, 0.717) is 11.8 Å². The molecule has 1 aromatic heterocycles. The number of ether oxygens (including phenoxy) is 1. The fourth-order valence-electron chi connectivity index (χ4n) is 4.42. The Morgan fingerprint density at radius 1 is 1.21 bits per heavy atom. The number of rotatable bonds is 5. The van der Waals surface area contributed by atoms with Crippen molar-refractivity contribution in [1.29, 1.82) is 0 Å². The Balaban J connectivity index is 1.63. The highest BCUT2D eigenvalue weighted by molar-refractivity contribution is 5.82. The van der Waals surface area contributed by atoms with Gasteiger partial charge in [0, 0.05) is 74.4 Å². The highest BCUT2D eigenvalue weighted by Gasteiger charge is 2.28. The molecule has 2 fully saturated rings. The fraction of sp³-hybridized carbons (Fsp3) is 0.550. The number of nitro groups is 1. The summed E-state index contributed by atoms with van der Waals surface area (Å²) in [7, 11) is 3.32. The average Bonchev–Trinajstić information content (AvgIpc) is 3.19. The van der Waals surface area contributed by atoms with Crippen LogP contribution in [0.3, 0.4) is 0 Å². The van der Waals surface area contributed by atoms with Crippen molar-refractivity contribution in [2.45, 2.75) is 18.9 Å².